The average molecular weight is 398 g/mol. The lowest BCUT2D eigenvalue weighted by Gasteiger charge is -2.42. The minimum atomic E-state index is -0.515. The molecule has 2 aromatic rings. The van der Waals surface area contributed by atoms with E-state index in [2.05, 4.69) is 9.97 Å². The molecule has 2 amide bonds. The maximum absolute atomic E-state index is 13.3. The third kappa shape index (κ3) is 4.12. The van der Waals surface area contributed by atoms with E-state index in [0.717, 1.165) is 12.8 Å². The van der Waals surface area contributed by atoms with Crippen molar-refractivity contribution >= 4 is 17.5 Å². The fourth-order valence-corrected chi connectivity index (χ4v) is 3.98. The Bertz CT molecular complexity index is 920. The smallest absolute Gasteiger partial charge is 0.272 e. The molecule has 7 nitrogen and oxygen atoms in total. The van der Waals surface area contributed by atoms with Gasteiger partial charge in [-0.2, -0.15) is 0 Å². The van der Waals surface area contributed by atoms with Crippen molar-refractivity contribution in [3.63, 3.8) is 0 Å². The number of morpholine rings is 1. The van der Waals surface area contributed by atoms with Crippen LogP contribution in [0.15, 0.2) is 36.5 Å². The van der Waals surface area contributed by atoms with Gasteiger partial charge in [-0.3, -0.25) is 9.59 Å². The number of nitrogens with zero attached hydrogens (tertiary/aromatic N) is 4. The van der Waals surface area contributed by atoms with Crippen LogP contribution >= 0.6 is 0 Å². The van der Waals surface area contributed by atoms with Crippen LogP contribution in [0.1, 0.15) is 35.6 Å². The Morgan fingerprint density at radius 3 is 2.72 bits per heavy atom. The van der Waals surface area contributed by atoms with Crippen molar-refractivity contribution in [3.8, 4) is 0 Å². The van der Waals surface area contributed by atoms with E-state index < -0.39 is 5.60 Å². The zero-order valence-electron chi connectivity index (χ0n) is 16.3. The highest BCUT2D eigenvalue weighted by molar-refractivity contribution is 5.95. The molecule has 0 bridgehead atoms. The molecule has 2 saturated heterocycles. The van der Waals surface area contributed by atoms with E-state index in [1.807, 2.05) is 0 Å². The van der Waals surface area contributed by atoms with Gasteiger partial charge >= 0.3 is 0 Å². The number of aryl methyl sites for hydroxylation is 1. The zero-order chi connectivity index (χ0) is 20.4. The predicted octanol–water partition coefficient (Wildman–Crippen LogP) is 2.35. The van der Waals surface area contributed by atoms with E-state index in [9.17, 15) is 14.0 Å². The molecule has 152 valence electrons. The maximum atomic E-state index is 13.3. The number of ether oxygens (including phenoxy) is 1. The fraction of sp³-hybridized carbons (Fsp3) is 0.429. The van der Waals surface area contributed by atoms with Crippen LogP contribution in [-0.4, -0.2) is 58.5 Å². The van der Waals surface area contributed by atoms with Crippen LogP contribution in [0.2, 0.25) is 0 Å². The fourth-order valence-electron chi connectivity index (χ4n) is 3.98. The molecular weight excluding hydrogens is 375 g/mol. The number of amides is 2. The molecule has 0 aliphatic carbocycles. The van der Waals surface area contributed by atoms with Crippen LogP contribution in [-0.2, 0) is 9.53 Å². The van der Waals surface area contributed by atoms with Gasteiger partial charge in [-0.05, 0) is 56.5 Å². The number of carbonyl (C=O) groups excluding carboxylic acids is 2. The standard InChI is InChI=1S/C21H23FN4O3/c1-15-23-10-7-18(24-15)20(28)25-11-2-8-21(9-12-25)14-26(19(27)13-29-21)17-5-3-16(22)4-6-17/h3-7,10H,2,8-9,11-14H2,1H3. The molecular formula is C21H23FN4O3. The van der Waals surface area contributed by atoms with Gasteiger partial charge in [0.25, 0.3) is 11.8 Å². The molecule has 0 N–H and O–H groups in total. The summed E-state index contributed by atoms with van der Waals surface area (Å²) in [7, 11) is 0. The molecule has 29 heavy (non-hydrogen) atoms. The molecule has 0 radical (unpaired) electrons. The van der Waals surface area contributed by atoms with Crippen LogP contribution in [0.25, 0.3) is 0 Å². The summed E-state index contributed by atoms with van der Waals surface area (Å²) in [5, 5.41) is 0. The number of anilines is 1. The first-order valence-corrected chi connectivity index (χ1v) is 9.75. The van der Waals surface area contributed by atoms with E-state index in [0.29, 0.717) is 43.3 Å². The first-order valence-electron chi connectivity index (χ1n) is 9.75. The number of likely N-dealkylation sites (tertiary alicyclic amines) is 1. The van der Waals surface area contributed by atoms with Gasteiger partial charge in [0, 0.05) is 25.0 Å². The number of hydrogen-bond acceptors (Lipinski definition) is 5. The molecule has 2 aliphatic rings. The number of aromatic nitrogens is 2. The second kappa shape index (κ2) is 7.87. The Kier molecular flexibility index (Phi) is 5.27. The molecule has 8 heteroatoms. The summed E-state index contributed by atoms with van der Waals surface area (Å²) in [4.78, 5) is 37.0. The SMILES string of the molecule is Cc1nccc(C(=O)N2CCCC3(CC2)CN(c2ccc(F)cc2)C(=O)CO3)n1. The number of benzene rings is 1. The van der Waals surface area contributed by atoms with Crippen LogP contribution in [0.3, 0.4) is 0 Å². The van der Waals surface area contributed by atoms with Crippen LogP contribution < -0.4 is 4.90 Å². The topological polar surface area (TPSA) is 75.6 Å². The summed E-state index contributed by atoms with van der Waals surface area (Å²) >= 11 is 0. The highest BCUT2D eigenvalue weighted by Gasteiger charge is 2.42. The van der Waals surface area contributed by atoms with Gasteiger partial charge in [0.2, 0.25) is 0 Å². The highest BCUT2D eigenvalue weighted by atomic mass is 19.1. The second-order valence-electron chi connectivity index (χ2n) is 7.56. The van der Waals surface area contributed by atoms with Gasteiger partial charge in [0.05, 0.1) is 12.1 Å². The molecule has 1 aromatic heterocycles. The Morgan fingerprint density at radius 2 is 1.97 bits per heavy atom. The Labute approximate surface area is 168 Å². The summed E-state index contributed by atoms with van der Waals surface area (Å²) < 4.78 is 19.3. The van der Waals surface area contributed by atoms with Gasteiger partial charge in [0.1, 0.15) is 23.9 Å². The first-order chi connectivity index (χ1) is 14.0. The average Bonchev–Trinajstić information content (AvgIpc) is 2.93. The van der Waals surface area contributed by atoms with Crippen molar-refractivity contribution in [3.05, 3.63) is 53.9 Å². The van der Waals surface area contributed by atoms with Crippen molar-refractivity contribution in [2.24, 2.45) is 0 Å². The monoisotopic (exact) mass is 398 g/mol. The van der Waals surface area contributed by atoms with Gasteiger partial charge in [-0.25, -0.2) is 14.4 Å². The lowest BCUT2D eigenvalue weighted by Crippen LogP contribution is -2.55. The Balaban J connectivity index is 1.48. The second-order valence-corrected chi connectivity index (χ2v) is 7.56. The summed E-state index contributed by atoms with van der Waals surface area (Å²) in [5.74, 6) is -0.0374. The number of hydrogen-bond donors (Lipinski definition) is 0. The summed E-state index contributed by atoms with van der Waals surface area (Å²) in [6, 6.07) is 7.54. The number of carbonyl (C=O) groups is 2. The normalized spacial score (nSPS) is 22.6. The predicted molar refractivity (Wildman–Crippen MR) is 104 cm³/mol. The van der Waals surface area contributed by atoms with Crippen molar-refractivity contribution < 1.29 is 18.7 Å². The third-order valence-corrected chi connectivity index (χ3v) is 5.57. The van der Waals surface area contributed by atoms with E-state index in [1.165, 1.54) is 12.1 Å². The molecule has 4 rings (SSSR count). The van der Waals surface area contributed by atoms with Crippen molar-refractivity contribution in [1.29, 1.82) is 0 Å². The lowest BCUT2D eigenvalue weighted by atomic mass is 9.92. The van der Waals surface area contributed by atoms with Crippen LogP contribution in [0, 0.1) is 12.7 Å². The molecule has 1 aromatic carbocycles. The van der Waals surface area contributed by atoms with E-state index in [1.54, 1.807) is 41.1 Å². The first kappa shape index (κ1) is 19.4. The molecule has 3 heterocycles. The van der Waals surface area contributed by atoms with Gasteiger partial charge in [-0.15, -0.1) is 0 Å². The van der Waals surface area contributed by atoms with Crippen LogP contribution in [0.5, 0.6) is 0 Å². The van der Waals surface area contributed by atoms with E-state index >= 15 is 0 Å². The third-order valence-electron chi connectivity index (χ3n) is 5.57. The zero-order valence-corrected chi connectivity index (χ0v) is 16.3. The quantitative estimate of drug-likeness (QED) is 0.776. The van der Waals surface area contributed by atoms with E-state index in [-0.39, 0.29) is 24.2 Å². The number of rotatable bonds is 2. The van der Waals surface area contributed by atoms with Crippen molar-refractivity contribution in [2.75, 3.05) is 31.1 Å². The van der Waals surface area contributed by atoms with Crippen molar-refractivity contribution in [1.82, 2.24) is 14.9 Å². The minimum Gasteiger partial charge on any atom is -0.363 e. The summed E-state index contributed by atoms with van der Waals surface area (Å²) in [5.41, 5.74) is 0.535. The van der Waals surface area contributed by atoms with Gasteiger partial charge < -0.3 is 14.5 Å². The lowest BCUT2D eigenvalue weighted by molar-refractivity contribution is -0.140. The Morgan fingerprint density at radius 1 is 1.17 bits per heavy atom. The summed E-state index contributed by atoms with van der Waals surface area (Å²) in [6.07, 6.45) is 3.71. The minimum absolute atomic E-state index is 0.0174. The van der Waals surface area contributed by atoms with Gasteiger partial charge in [-0.1, -0.05) is 0 Å². The molecule has 2 aliphatic heterocycles. The van der Waals surface area contributed by atoms with Gasteiger partial charge in [0.15, 0.2) is 0 Å². The Hall–Kier alpha value is -2.87. The maximum Gasteiger partial charge on any atom is 0.272 e. The molecule has 1 atom stereocenters. The molecule has 1 unspecified atom stereocenters. The van der Waals surface area contributed by atoms with Crippen LogP contribution in [0.4, 0.5) is 10.1 Å². The van der Waals surface area contributed by atoms with Crippen molar-refractivity contribution in [2.45, 2.75) is 31.8 Å². The molecule has 0 saturated carbocycles. The molecule has 1 spiro atoms. The number of halogens is 1. The molecule has 2 fully saturated rings. The highest BCUT2D eigenvalue weighted by Crippen LogP contribution is 2.33. The summed E-state index contributed by atoms with van der Waals surface area (Å²) in [6.45, 7) is 3.26. The van der Waals surface area contributed by atoms with E-state index in [4.69, 9.17) is 4.74 Å². The largest absolute Gasteiger partial charge is 0.363 e.